The lowest BCUT2D eigenvalue weighted by atomic mass is 9.91. The average Bonchev–Trinajstić information content (AvgIpc) is 2.78. The zero-order valence-electron chi connectivity index (χ0n) is 19.1. The fourth-order valence-corrected chi connectivity index (χ4v) is 4.26. The minimum atomic E-state index is -0.840. The maximum Gasteiger partial charge on any atom is 0.325 e. The highest BCUT2D eigenvalue weighted by Crippen LogP contribution is 2.33. The van der Waals surface area contributed by atoms with Gasteiger partial charge >= 0.3 is 6.03 Å². The van der Waals surface area contributed by atoms with Crippen molar-refractivity contribution in [3.8, 4) is 11.5 Å². The normalized spacial score (nSPS) is 14.3. The zero-order chi connectivity index (χ0) is 24.1. The molecular formula is C25H32N4O4. The number of anilines is 1. The standard InChI is InChI=1S/C25H32N4O4/c1-16(2)20-13-21(23(32)14-22(20)31)24(26)29(25(27)33)19-7-5-17(6-8-19)3-4-18-9-11-28(15-30)12-10-18/h5-8,13-16,18,26,31-32H,3-4,9-12H2,1-2H3,(H2,27,33). The monoisotopic (exact) mass is 452 g/mol. The summed E-state index contributed by atoms with van der Waals surface area (Å²) in [6.45, 7) is 5.39. The maximum atomic E-state index is 12.2. The summed E-state index contributed by atoms with van der Waals surface area (Å²) in [5.41, 5.74) is 7.80. The molecule has 0 saturated carbocycles. The summed E-state index contributed by atoms with van der Waals surface area (Å²) in [4.78, 5) is 25.9. The maximum absolute atomic E-state index is 12.2. The van der Waals surface area contributed by atoms with E-state index in [1.165, 1.54) is 12.1 Å². The molecule has 0 bridgehead atoms. The molecule has 1 saturated heterocycles. The molecule has 3 amide bonds. The van der Waals surface area contributed by atoms with E-state index in [4.69, 9.17) is 11.1 Å². The molecule has 0 unspecified atom stereocenters. The molecule has 1 aliphatic heterocycles. The Morgan fingerprint density at radius 2 is 1.82 bits per heavy atom. The molecule has 3 rings (SSSR count). The third-order valence-electron chi connectivity index (χ3n) is 6.30. The molecule has 176 valence electrons. The number of nitrogens with two attached hydrogens (primary N) is 1. The summed E-state index contributed by atoms with van der Waals surface area (Å²) in [6, 6.07) is 9.16. The number of urea groups is 1. The van der Waals surface area contributed by atoms with E-state index in [0.29, 0.717) is 17.2 Å². The molecular weight excluding hydrogens is 420 g/mol. The van der Waals surface area contributed by atoms with Gasteiger partial charge in [-0.15, -0.1) is 0 Å². The Hall–Kier alpha value is -3.55. The van der Waals surface area contributed by atoms with Crippen LogP contribution in [0.1, 0.15) is 55.7 Å². The van der Waals surface area contributed by atoms with Crippen LogP contribution in [0.15, 0.2) is 36.4 Å². The van der Waals surface area contributed by atoms with Crippen molar-refractivity contribution in [3.63, 3.8) is 0 Å². The molecule has 0 atom stereocenters. The molecule has 0 aliphatic carbocycles. The number of nitrogens with zero attached hydrogens (tertiary/aromatic N) is 2. The third kappa shape index (κ3) is 5.63. The van der Waals surface area contributed by atoms with Gasteiger partial charge in [0.25, 0.3) is 0 Å². The number of hydrogen-bond donors (Lipinski definition) is 4. The summed E-state index contributed by atoms with van der Waals surface area (Å²) < 4.78 is 0. The number of phenols is 2. The minimum absolute atomic E-state index is 0.0378. The largest absolute Gasteiger partial charge is 0.508 e. The van der Waals surface area contributed by atoms with Crippen LogP contribution in [0.3, 0.4) is 0 Å². The molecule has 2 aromatic carbocycles. The van der Waals surface area contributed by atoms with Crippen LogP contribution in [-0.2, 0) is 11.2 Å². The second kappa shape index (κ2) is 10.4. The number of benzene rings is 2. The number of piperidine rings is 1. The van der Waals surface area contributed by atoms with Crippen molar-refractivity contribution in [2.45, 2.75) is 45.4 Å². The molecule has 2 aromatic rings. The molecule has 5 N–H and O–H groups in total. The number of primary amides is 1. The molecule has 1 aliphatic rings. The number of amides is 3. The first kappa shape index (κ1) is 24.1. The van der Waals surface area contributed by atoms with Gasteiger partial charge in [0.15, 0.2) is 0 Å². The summed E-state index contributed by atoms with van der Waals surface area (Å²) in [5, 5.41) is 29.0. The quantitative estimate of drug-likeness (QED) is 0.288. The van der Waals surface area contributed by atoms with Gasteiger partial charge in [0.1, 0.15) is 17.3 Å². The summed E-state index contributed by atoms with van der Waals surface area (Å²) >= 11 is 0. The summed E-state index contributed by atoms with van der Waals surface area (Å²) in [5.74, 6) is -0.0826. The second-order valence-corrected chi connectivity index (χ2v) is 8.90. The van der Waals surface area contributed by atoms with Crippen molar-refractivity contribution < 1.29 is 19.8 Å². The number of rotatable bonds is 7. The lowest BCUT2D eigenvalue weighted by Crippen LogP contribution is -2.41. The van der Waals surface area contributed by atoms with Crippen LogP contribution in [0.4, 0.5) is 10.5 Å². The fraction of sp³-hybridized carbons (Fsp3) is 0.400. The number of amidine groups is 1. The number of likely N-dealkylation sites (tertiary alicyclic amines) is 1. The first-order chi connectivity index (χ1) is 15.7. The third-order valence-corrected chi connectivity index (χ3v) is 6.30. The number of aromatic hydroxyl groups is 2. The topological polar surface area (TPSA) is 131 Å². The van der Waals surface area contributed by atoms with Gasteiger partial charge < -0.3 is 20.8 Å². The van der Waals surface area contributed by atoms with Gasteiger partial charge in [0.05, 0.1) is 11.3 Å². The SMILES string of the molecule is CC(C)c1cc(C(=N)N(C(N)=O)c2ccc(CCC3CCN(C=O)CC3)cc2)c(O)cc1O. The van der Waals surface area contributed by atoms with Crippen LogP contribution < -0.4 is 10.6 Å². The molecule has 8 heteroatoms. The van der Waals surface area contributed by atoms with Gasteiger partial charge in [-0.3, -0.25) is 10.2 Å². The van der Waals surface area contributed by atoms with E-state index in [0.717, 1.165) is 55.6 Å². The van der Waals surface area contributed by atoms with Crippen LogP contribution in [0.25, 0.3) is 0 Å². The number of carbonyl (C=O) groups excluding carboxylic acids is 2. The van der Waals surface area contributed by atoms with Crippen molar-refractivity contribution in [2.75, 3.05) is 18.0 Å². The highest BCUT2D eigenvalue weighted by molar-refractivity contribution is 6.22. The molecule has 1 heterocycles. The molecule has 1 fully saturated rings. The van der Waals surface area contributed by atoms with Gasteiger partial charge in [-0.1, -0.05) is 26.0 Å². The van der Waals surface area contributed by atoms with E-state index in [9.17, 15) is 19.8 Å². The lowest BCUT2D eigenvalue weighted by Gasteiger charge is -2.29. The van der Waals surface area contributed by atoms with Crippen LogP contribution in [0, 0.1) is 11.3 Å². The molecule has 8 nitrogen and oxygen atoms in total. The van der Waals surface area contributed by atoms with Crippen LogP contribution >= 0.6 is 0 Å². The van der Waals surface area contributed by atoms with E-state index in [1.54, 1.807) is 12.1 Å². The Morgan fingerprint density at radius 3 is 2.36 bits per heavy atom. The number of phenolic OH excluding ortho intramolecular Hbond substituents is 2. The Labute approximate surface area is 194 Å². The smallest absolute Gasteiger partial charge is 0.325 e. The number of carbonyl (C=O) groups is 2. The van der Waals surface area contributed by atoms with Crippen molar-refractivity contribution in [3.05, 3.63) is 53.1 Å². The first-order valence-corrected chi connectivity index (χ1v) is 11.2. The molecule has 0 aromatic heterocycles. The van der Waals surface area contributed by atoms with Crippen LogP contribution in [-0.4, -0.2) is 46.5 Å². The Balaban J connectivity index is 1.74. The number of hydrogen-bond acceptors (Lipinski definition) is 5. The Morgan fingerprint density at radius 1 is 1.18 bits per heavy atom. The van der Waals surface area contributed by atoms with E-state index in [1.807, 2.05) is 30.9 Å². The van der Waals surface area contributed by atoms with E-state index in [2.05, 4.69) is 0 Å². The minimum Gasteiger partial charge on any atom is -0.508 e. The van der Waals surface area contributed by atoms with E-state index < -0.39 is 6.03 Å². The van der Waals surface area contributed by atoms with Crippen molar-refractivity contribution >= 4 is 24.0 Å². The Bertz CT molecular complexity index is 1010. The van der Waals surface area contributed by atoms with Crippen LogP contribution in [0.2, 0.25) is 0 Å². The second-order valence-electron chi connectivity index (χ2n) is 8.90. The van der Waals surface area contributed by atoms with Crippen molar-refractivity contribution in [2.24, 2.45) is 11.7 Å². The Kier molecular flexibility index (Phi) is 7.58. The zero-order valence-corrected chi connectivity index (χ0v) is 19.1. The van der Waals surface area contributed by atoms with Crippen molar-refractivity contribution in [1.82, 2.24) is 4.90 Å². The lowest BCUT2D eigenvalue weighted by molar-refractivity contribution is -0.119. The highest BCUT2D eigenvalue weighted by atomic mass is 16.3. The number of aryl methyl sites for hydroxylation is 1. The van der Waals surface area contributed by atoms with Gasteiger partial charge in [0.2, 0.25) is 6.41 Å². The number of nitrogens with one attached hydrogen (secondary N) is 1. The first-order valence-electron chi connectivity index (χ1n) is 11.2. The van der Waals surface area contributed by atoms with Gasteiger partial charge in [-0.05, 0) is 66.8 Å². The predicted octanol–water partition coefficient (Wildman–Crippen LogP) is 3.93. The predicted molar refractivity (Wildman–Crippen MR) is 128 cm³/mol. The van der Waals surface area contributed by atoms with Crippen LogP contribution in [0.5, 0.6) is 11.5 Å². The summed E-state index contributed by atoms with van der Waals surface area (Å²) in [7, 11) is 0. The van der Waals surface area contributed by atoms with Gasteiger partial charge in [-0.2, -0.15) is 0 Å². The molecule has 0 spiro atoms. The van der Waals surface area contributed by atoms with E-state index >= 15 is 0 Å². The van der Waals surface area contributed by atoms with Gasteiger partial charge in [-0.25, -0.2) is 9.69 Å². The average molecular weight is 453 g/mol. The fourth-order valence-electron chi connectivity index (χ4n) is 4.26. The van der Waals surface area contributed by atoms with E-state index in [-0.39, 0.29) is 28.8 Å². The highest BCUT2D eigenvalue weighted by Gasteiger charge is 2.24. The molecule has 33 heavy (non-hydrogen) atoms. The summed E-state index contributed by atoms with van der Waals surface area (Å²) in [6.07, 6.45) is 4.85. The van der Waals surface area contributed by atoms with Crippen molar-refractivity contribution in [1.29, 1.82) is 5.41 Å². The van der Waals surface area contributed by atoms with Gasteiger partial charge in [0, 0.05) is 19.2 Å². The molecule has 0 radical (unpaired) electrons.